The molecule has 0 aliphatic heterocycles. The topological polar surface area (TPSA) is 45.0 Å². The van der Waals surface area contributed by atoms with Crippen molar-refractivity contribution < 1.29 is 4.79 Å². The highest BCUT2D eigenvalue weighted by Gasteiger charge is 2.07. The lowest BCUT2D eigenvalue weighted by atomic mass is 10.0. The average molecular weight is 197 g/mol. The number of rotatable bonds is 6. The first-order valence-corrected chi connectivity index (χ1v) is 4.74. The average Bonchev–Trinajstić information content (AvgIpc) is 2.13. The molecule has 4 nitrogen and oxygen atoms in total. The van der Waals surface area contributed by atoms with Crippen molar-refractivity contribution in [3.8, 4) is 0 Å². The zero-order valence-corrected chi connectivity index (χ0v) is 9.45. The number of ketones is 1. The lowest BCUT2D eigenvalue weighted by molar-refractivity contribution is -0.121. The molecule has 4 heteroatoms. The van der Waals surface area contributed by atoms with Gasteiger partial charge in [-0.25, -0.2) is 0 Å². The van der Waals surface area contributed by atoms with E-state index in [4.69, 9.17) is 0 Å². The Balaban J connectivity index is 3.96. The Morgan fingerprint density at radius 2 is 2.00 bits per heavy atom. The maximum absolute atomic E-state index is 11.3. The summed E-state index contributed by atoms with van der Waals surface area (Å²) in [5.74, 6) is 0.381. The molecule has 0 amide bonds. The summed E-state index contributed by atoms with van der Waals surface area (Å²) in [6.07, 6.45) is 1.24. The second kappa shape index (κ2) is 6.29. The highest BCUT2D eigenvalue weighted by Crippen LogP contribution is 2.03. The molecule has 0 spiro atoms. The van der Waals surface area contributed by atoms with E-state index in [0.29, 0.717) is 12.8 Å². The van der Waals surface area contributed by atoms with Gasteiger partial charge in [-0.3, -0.25) is 4.79 Å². The third kappa shape index (κ3) is 5.45. The standard InChI is InChI=1S/C10H19N3O/c1-8(2)10(14)7-6-9(3)12-13(5)11-4/h8H,4,6-7H2,1-3,5H3/b12-9+. The highest BCUT2D eigenvalue weighted by atomic mass is 16.1. The Morgan fingerprint density at radius 1 is 1.43 bits per heavy atom. The summed E-state index contributed by atoms with van der Waals surface area (Å²) in [7, 11) is 1.71. The van der Waals surface area contributed by atoms with E-state index in [2.05, 4.69) is 16.9 Å². The molecule has 0 heterocycles. The van der Waals surface area contributed by atoms with Crippen LogP contribution in [0.25, 0.3) is 0 Å². The van der Waals surface area contributed by atoms with Crippen LogP contribution in [0.2, 0.25) is 0 Å². The summed E-state index contributed by atoms with van der Waals surface area (Å²) in [5.41, 5.74) is 0.897. The van der Waals surface area contributed by atoms with Crippen molar-refractivity contribution >= 4 is 18.2 Å². The quantitative estimate of drug-likeness (QED) is 0.482. The van der Waals surface area contributed by atoms with E-state index in [1.807, 2.05) is 20.8 Å². The van der Waals surface area contributed by atoms with Crippen LogP contribution in [0, 0.1) is 5.92 Å². The van der Waals surface area contributed by atoms with Gasteiger partial charge in [0.05, 0.1) is 0 Å². The Morgan fingerprint density at radius 3 is 2.43 bits per heavy atom. The molecule has 0 atom stereocenters. The fourth-order valence-corrected chi connectivity index (χ4v) is 0.921. The lowest BCUT2D eigenvalue weighted by Crippen LogP contribution is -2.10. The molecule has 0 aliphatic carbocycles. The number of Topliss-reactive ketones (excluding diaryl/α,β-unsaturated/α-hetero) is 1. The van der Waals surface area contributed by atoms with Gasteiger partial charge in [-0.2, -0.15) is 15.3 Å². The fourth-order valence-electron chi connectivity index (χ4n) is 0.921. The maximum Gasteiger partial charge on any atom is 0.135 e. The summed E-state index contributed by atoms with van der Waals surface area (Å²) in [4.78, 5) is 11.3. The Kier molecular flexibility index (Phi) is 5.76. The van der Waals surface area contributed by atoms with Gasteiger partial charge in [0.15, 0.2) is 0 Å². The minimum Gasteiger partial charge on any atom is -0.299 e. The van der Waals surface area contributed by atoms with Crippen LogP contribution in [0.4, 0.5) is 0 Å². The molecule has 0 aromatic heterocycles. The van der Waals surface area contributed by atoms with Crippen molar-refractivity contribution in [3.05, 3.63) is 0 Å². The van der Waals surface area contributed by atoms with Crippen LogP contribution in [0.5, 0.6) is 0 Å². The number of carbonyl (C=O) groups excluding carboxylic acids is 1. The molecule has 0 aromatic rings. The van der Waals surface area contributed by atoms with Gasteiger partial charge < -0.3 is 0 Å². The summed E-state index contributed by atoms with van der Waals surface area (Å²) < 4.78 is 0. The number of hydrogen-bond acceptors (Lipinski definition) is 4. The number of carbonyl (C=O) groups is 1. The first-order chi connectivity index (χ1) is 6.47. The summed E-state index contributed by atoms with van der Waals surface area (Å²) in [6, 6.07) is 0. The van der Waals surface area contributed by atoms with E-state index < -0.39 is 0 Å². The molecule has 0 saturated carbocycles. The molecule has 0 radical (unpaired) electrons. The van der Waals surface area contributed by atoms with Crippen molar-refractivity contribution in [1.29, 1.82) is 0 Å². The van der Waals surface area contributed by atoms with Crippen LogP contribution < -0.4 is 0 Å². The molecular weight excluding hydrogens is 178 g/mol. The van der Waals surface area contributed by atoms with E-state index in [1.165, 1.54) is 5.12 Å². The molecule has 14 heavy (non-hydrogen) atoms. The molecule has 0 rings (SSSR count). The minimum absolute atomic E-state index is 0.109. The fraction of sp³-hybridized carbons (Fsp3) is 0.700. The smallest absolute Gasteiger partial charge is 0.135 e. The van der Waals surface area contributed by atoms with Crippen LogP contribution in [-0.4, -0.2) is 30.4 Å². The zero-order valence-electron chi connectivity index (χ0n) is 9.45. The molecule has 0 N–H and O–H groups in total. The first-order valence-electron chi connectivity index (χ1n) is 4.74. The Bertz CT molecular complexity index is 234. The molecular formula is C10H19N3O. The normalized spacial score (nSPS) is 11.6. The van der Waals surface area contributed by atoms with Gasteiger partial charge in [0.25, 0.3) is 0 Å². The largest absolute Gasteiger partial charge is 0.299 e. The summed E-state index contributed by atoms with van der Waals surface area (Å²) in [6.45, 7) is 9.04. The van der Waals surface area contributed by atoms with Crippen LogP contribution in [0.3, 0.4) is 0 Å². The molecule has 0 aliphatic rings. The Hall–Kier alpha value is -1.19. The zero-order chi connectivity index (χ0) is 11.1. The van der Waals surface area contributed by atoms with Crippen LogP contribution >= 0.6 is 0 Å². The predicted octanol–water partition coefficient (Wildman–Crippen LogP) is 1.92. The van der Waals surface area contributed by atoms with E-state index in [1.54, 1.807) is 7.05 Å². The van der Waals surface area contributed by atoms with Gasteiger partial charge >= 0.3 is 0 Å². The summed E-state index contributed by atoms with van der Waals surface area (Å²) in [5, 5.41) is 9.09. The van der Waals surface area contributed by atoms with Crippen molar-refractivity contribution in [2.45, 2.75) is 33.6 Å². The molecule has 80 valence electrons. The SMILES string of the molecule is C=NN(C)/N=C(\C)CCC(=O)C(C)C. The minimum atomic E-state index is 0.109. The third-order valence-corrected chi connectivity index (χ3v) is 1.90. The van der Waals surface area contributed by atoms with Gasteiger partial charge in [-0.1, -0.05) is 13.8 Å². The van der Waals surface area contributed by atoms with Gasteiger partial charge in [-0.15, -0.1) is 0 Å². The predicted molar refractivity (Wildman–Crippen MR) is 59.5 cm³/mol. The van der Waals surface area contributed by atoms with Crippen molar-refractivity contribution in [3.63, 3.8) is 0 Å². The third-order valence-electron chi connectivity index (χ3n) is 1.90. The molecule has 0 aromatic carbocycles. The maximum atomic E-state index is 11.3. The van der Waals surface area contributed by atoms with Gasteiger partial charge in [-0.05, 0) is 13.3 Å². The van der Waals surface area contributed by atoms with E-state index in [-0.39, 0.29) is 11.7 Å². The van der Waals surface area contributed by atoms with E-state index >= 15 is 0 Å². The summed E-state index contributed by atoms with van der Waals surface area (Å²) >= 11 is 0. The van der Waals surface area contributed by atoms with Crippen LogP contribution in [-0.2, 0) is 4.79 Å². The molecule has 0 unspecified atom stereocenters. The molecule has 0 saturated heterocycles. The van der Waals surface area contributed by atoms with E-state index in [9.17, 15) is 4.79 Å². The van der Waals surface area contributed by atoms with Crippen molar-refractivity contribution in [1.82, 2.24) is 5.12 Å². The van der Waals surface area contributed by atoms with E-state index in [0.717, 1.165) is 5.71 Å². The molecule has 0 fully saturated rings. The van der Waals surface area contributed by atoms with Gasteiger partial charge in [0.2, 0.25) is 0 Å². The number of nitrogens with zero attached hydrogens (tertiary/aromatic N) is 3. The Labute approximate surface area is 85.7 Å². The van der Waals surface area contributed by atoms with Gasteiger partial charge in [0.1, 0.15) is 5.78 Å². The van der Waals surface area contributed by atoms with Gasteiger partial charge in [0, 0.05) is 31.8 Å². The number of hydrogen-bond donors (Lipinski definition) is 0. The molecule has 0 bridgehead atoms. The number of hydrazone groups is 2. The second-order valence-corrected chi connectivity index (χ2v) is 3.59. The monoisotopic (exact) mass is 197 g/mol. The van der Waals surface area contributed by atoms with Crippen molar-refractivity contribution in [2.24, 2.45) is 16.1 Å². The highest BCUT2D eigenvalue weighted by molar-refractivity contribution is 5.88. The van der Waals surface area contributed by atoms with Crippen LogP contribution in [0.15, 0.2) is 10.2 Å². The first kappa shape index (κ1) is 12.8. The lowest BCUT2D eigenvalue weighted by Gasteiger charge is -2.07. The van der Waals surface area contributed by atoms with Crippen LogP contribution in [0.1, 0.15) is 33.6 Å². The second-order valence-electron chi connectivity index (χ2n) is 3.59. The van der Waals surface area contributed by atoms with Crippen molar-refractivity contribution in [2.75, 3.05) is 7.05 Å².